The van der Waals surface area contributed by atoms with E-state index in [1.165, 1.54) is 32.2 Å². The van der Waals surface area contributed by atoms with Crippen LogP contribution in [-0.2, 0) is 0 Å². The summed E-state index contributed by atoms with van der Waals surface area (Å²) in [5, 5.41) is 12.3. The second-order valence-electron chi connectivity index (χ2n) is 5.46. The van der Waals surface area contributed by atoms with E-state index in [1.54, 1.807) is 30.3 Å². The van der Waals surface area contributed by atoms with Crippen molar-refractivity contribution >= 4 is 41.6 Å². The van der Waals surface area contributed by atoms with Crippen LogP contribution >= 0.6 is 35.4 Å². The van der Waals surface area contributed by atoms with Crippen molar-refractivity contribution in [3.05, 3.63) is 50.7 Å². The fraction of sp³-hybridized carbons (Fsp3) is 0.167. The SMILES string of the molecule is COc1cc(-c2n[nH]c(=S)n2/N=C\c2c(Cl)cccc2Cl)cc(OC)c1OC. The Morgan fingerprint density at radius 3 is 2.21 bits per heavy atom. The van der Waals surface area contributed by atoms with E-state index in [9.17, 15) is 0 Å². The number of rotatable bonds is 6. The van der Waals surface area contributed by atoms with Gasteiger partial charge in [-0.3, -0.25) is 0 Å². The van der Waals surface area contributed by atoms with Crippen molar-refractivity contribution in [1.82, 2.24) is 14.9 Å². The first-order valence-corrected chi connectivity index (χ1v) is 9.12. The van der Waals surface area contributed by atoms with Gasteiger partial charge in [0.25, 0.3) is 0 Å². The number of hydrogen-bond donors (Lipinski definition) is 1. The van der Waals surface area contributed by atoms with Gasteiger partial charge in [-0.15, -0.1) is 0 Å². The number of ether oxygens (including phenoxy) is 3. The summed E-state index contributed by atoms with van der Waals surface area (Å²) in [7, 11) is 4.61. The zero-order valence-electron chi connectivity index (χ0n) is 15.2. The van der Waals surface area contributed by atoms with E-state index in [0.717, 1.165) is 0 Å². The van der Waals surface area contributed by atoms with E-state index in [2.05, 4.69) is 15.3 Å². The third-order valence-corrected chi connectivity index (χ3v) is 4.80. The zero-order chi connectivity index (χ0) is 20.3. The zero-order valence-corrected chi connectivity index (χ0v) is 17.5. The van der Waals surface area contributed by atoms with E-state index < -0.39 is 0 Å². The summed E-state index contributed by atoms with van der Waals surface area (Å²) in [4.78, 5) is 0. The number of nitrogens with one attached hydrogen (secondary N) is 1. The predicted octanol–water partition coefficient (Wildman–Crippen LogP) is 4.82. The van der Waals surface area contributed by atoms with Gasteiger partial charge >= 0.3 is 0 Å². The van der Waals surface area contributed by atoms with Gasteiger partial charge in [-0.25, -0.2) is 5.10 Å². The highest BCUT2D eigenvalue weighted by Crippen LogP contribution is 2.40. The number of H-pyrrole nitrogens is 1. The molecule has 0 unspecified atom stereocenters. The molecule has 0 radical (unpaired) electrons. The van der Waals surface area contributed by atoms with Crippen LogP contribution in [0.4, 0.5) is 0 Å². The molecule has 28 heavy (non-hydrogen) atoms. The van der Waals surface area contributed by atoms with E-state index >= 15 is 0 Å². The Balaban J connectivity index is 2.12. The first-order valence-electron chi connectivity index (χ1n) is 7.96. The smallest absolute Gasteiger partial charge is 0.216 e. The first kappa shape index (κ1) is 20.2. The highest BCUT2D eigenvalue weighted by Gasteiger charge is 2.17. The van der Waals surface area contributed by atoms with Gasteiger partial charge in [-0.2, -0.15) is 14.9 Å². The van der Waals surface area contributed by atoms with Crippen molar-refractivity contribution in [2.75, 3.05) is 21.3 Å². The number of aromatic amines is 1. The van der Waals surface area contributed by atoms with Crippen molar-refractivity contribution in [1.29, 1.82) is 0 Å². The molecule has 0 saturated carbocycles. The summed E-state index contributed by atoms with van der Waals surface area (Å²) in [6.45, 7) is 0. The van der Waals surface area contributed by atoms with Crippen LogP contribution in [0.15, 0.2) is 35.4 Å². The van der Waals surface area contributed by atoms with E-state index in [0.29, 0.717) is 49.0 Å². The Bertz CT molecular complexity index is 1050. The van der Waals surface area contributed by atoms with Gasteiger partial charge in [-0.1, -0.05) is 29.3 Å². The fourth-order valence-electron chi connectivity index (χ4n) is 2.55. The summed E-state index contributed by atoms with van der Waals surface area (Å²) >= 11 is 17.7. The average Bonchev–Trinajstić information content (AvgIpc) is 3.06. The molecule has 1 aromatic heterocycles. The minimum absolute atomic E-state index is 0.295. The number of methoxy groups -OCH3 is 3. The predicted molar refractivity (Wildman–Crippen MR) is 112 cm³/mol. The van der Waals surface area contributed by atoms with E-state index in [4.69, 9.17) is 49.6 Å². The molecule has 0 bridgehead atoms. The molecule has 3 rings (SSSR count). The minimum atomic E-state index is 0.295. The standard InChI is InChI=1S/C18H16Cl2N4O3S/c1-25-14-7-10(8-15(26-2)16(14)27-3)17-22-23-18(28)24(17)21-9-11-12(19)5-4-6-13(11)20/h4-9H,1-3H3,(H,23,28)/b21-9-. The van der Waals surface area contributed by atoms with Gasteiger partial charge in [0.1, 0.15) is 0 Å². The molecule has 146 valence electrons. The van der Waals surface area contributed by atoms with Crippen LogP contribution in [0.5, 0.6) is 17.2 Å². The second kappa shape index (κ2) is 8.64. The highest BCUT2D eigenvalue weighted by molar-refractivity contribution is 7.71. The lowest BCUT2D eigenvalue weighted by Gasteiger charge is -2.13. The third kappa shape index (κ3) is 3.84. The van der Waals surface area contributed by atoms with Crippen LogP contribution in [0.2, 0.25) is 10.0 Å². The lowest BCUT2D eigenvalue weighted by atomic mass is 10.1. The maximum absolute atomic E-state index is 6.20. The minimum Gasteiger partial charge on any atom is -0.493 e. The van der Waals surface area contributed by atoms with Gasteiger partial charge in [-0.05, 0) is 36.5 Å². The number of nitrogens with zero attached hydrogens (tertiary/aromatic N) is 3. The Labute approximate surface area is 176 Å². The Morgan fingerprint density at radius 1 is 1.07 bits per heavy atom. The van der Waals surface area contributed by atoms with Crippen LogP contribution in [0.1, 0.15) is 5.56 Å². The van der Waals surface area contributed by atoms with E-state index in [1.807, 2.05) is 0 Å². The summed E-state index contributed by atoms with van der Waals surface area (Å²) in [6, 6.07) is 8.71. The van der Waals surface area contributed by atoms with Crippen molar-refractivity contribution < 1.29 is 14.2 Å². The topological polar surface area (TPSA) is 73.7 Å². The molecular formula is C18H16Cl2N4O3S. The van der Waals surface area contributed by atoms with E-state index in [-0.39, 0.29) is 0 Å². The molecule has 7 nitrogen and oxygen atoms in total. The molecule has 2 aromatic carbocycles. The maximum Gasteiger partial charge on any atom is 0.216 e. The number of halogens is 2. The molecule has 0 fully saturated rings. The number of hydrogen-bond acceptors (Lipinski definition) is 6. The lowest BCUT2D eigenvalue weighted by Crippen LogP contribution is -1.99. The fourth-order valence-corrected chi connectivity index (χ4v) is 3.22. The van der Waals surface area contributed by atoms with Gasteiger partial charge in [0, 0.05) is 11.1 Å². The van der Waals surface area contributed by atoms with Crippen molar-refractivity contribution in [3.63, 3.8) is 0 Å². The Morgan fingerprint density at radius 2 is 1.68 bits per heavy atom. The number of aromatic nitrogens is 3. The monoisotopic (exact) mass is 438 g/mol. The summed E-state index contributed by atoms with van der Waals surface area (Å²) in [6.07, 6.45) is 1.53. The van der Waals surface area contributed by atoms with Gasteiger partial charge in [0.15, 0.2) is 17.3 Å². The average molecular weight is 439 g/mol. The molecule has 0 atom stereocenters. The molecule has 1 heterocycles. The van der Waals surface area contributed by atoms with Crippen molar-refractivity contribution in [2.45, 2.75) is 0 Å². The van der Waals surface area contributed by atoms with Crippen LogP contribution < -0.4 is 14.2 Å². The van der Waals surface area contributed by atoms with Crippen LogP contribution in [0, 0.1) is 4.77 Å². The molecule has 0 aliphatic heterocycles. The molecule has 1 N–H and O–H groups in total. The van der Waals surface area contributed by atoms with Gasteiger partial charge in [0.2, 0.25) is 10.5 Å². The molecule has 0 aliphatic carbocycles. The molecule has 0 amide bonds. The van der Waals surface area contributed by atoms with Crippen molar-refractivity contribution in [2.24, 2.45) is 5.10 Å². The van der Waals surface area contributed by atoms with Crippen LogP contribution in [-0.4, -0.2) is 42.4 Å². The Kier molecular flexibility index (Phi) is 6.23. The normalized spacial score (nSPS) is 11.0. The maximum atomic E-state index is 6.20. The molecule has 3 aromatic rings. The molecule has 0 saturated heterocycles. The molecular weight excluding hydrogens is 423 g/mol. The Hall–Kier alpha value is -2.55. The second-order valence-corrected chi connectivity index (χ2v) is 6.66. The third-order valence-electron chi connectivity index (χ3n) is 3.88. The highest BCUT2D eigenvalue weighted by atomic mass is 35.5. The van der Waals surface area contributed by atoms with Crippen LogP contribution in [0.3, 0.4) is 0 Å². The summed E-state index contributed by atoms with van der Waals surface area (Å²) < 4.78 is 17.9. The quantitative estimate of drug-likeness (QED) is 0.440. The van der Waals surface area contributed by atoms with Crippen LogP contribution in [0.25, 0.3) is 11.4 Å². The molecule has 0 spiro atoms. The summed E-state index contributed by atoms with van der Waals surface area (Å²) in [5.41, 5.74) is 1.23. The number of benzene rings is 2. The van der Waals surface area contributed by atoms with Gasteiger partial charge in [0.05, 0.1) is 37.6 Å². The van der Waals surface area contributed by atoms with Gasteiger partial charge < -0.3 is 14.2 Å². The molecule has 10 heteroatoms. The molecule has 0 aliphatic rings. The lowest BCUT2D eigenvalue weighted by molar-refractivity contribution is 0.324. The largest absolute Gasteiger partial charge is 0.493 e. The van der Waals surface area contributed by atoms with Crippen molar-refractivity contribution in [3.8, 4) is 28.6 Å². The summed E-state index contributed by atoms with van der Waals surface area (Å²) in [5.74, 6) is 1.88. The first-order chi connectivity index (χ1) is 13.5.